The van der Waals surface area contributed by atoms with Crippen LogP contribution >= 0.6 is 0 Å². The molecule has 4 aromatic rings. The van der Waals surface area contributed by atoms with E-state index in [4.69, 9.17) is 4.74 Å². The molecule has 2 N–H and O–H groups in total. The number of ether oxygens (including phenoxy) is 1. The SMILES string of the molecule is COc1ccc2[nH]c3c(NC4CC4c4ccccc4)ncnc3c2c1. The molecule has 25 heavy (non-hydrogen) atoms. The predicted octanol–water partition coefficient (Wildman–Crippen LogP) is 4.09. The van der Waals surface area contributed by atoms with E-state index in [0.29, 0.717) is 12.0 Å². The minimum atomic E-state index is 0.418. The van der Waals surface area contributed by atoms with Crippen LogP contribution in [-0.4, -0.2) is 28.1 Å². The molecule has 0 amide bonds. The molecule has 5 nitrogen and oxygen atoms in total. The van der Waals surface area contributed by atoms with Gasteiger partial charge in [0, 0.05) is 22.9 Å². The van der Waals surface area contributed by atoms with Crippen molar-refractivity contribution < 1.29 is 4.74 Å². The third kappa shape index (κ3) is 2.39. The van der Waals surface area contributed by atoms with E-state index in [2.05, 4.69) is 50.6 Å². The Kier molecular flexibility index (Phi) is 3.13. The molecule has 2 unspecified atom stereocenters. The maximum Gasteiger partial charge on any atom is 0.154 e. The zero-order chi connectivity index (χ0) is 16.8. The fourth-order valence-electron chi connectivity index (χ4n) is 3.51. The summed E-state index contributed by atoms with van der Waals surface area (Å²) in [5, 5.41) is 4.63. The first-order valence-electron chi connectivity index (χ1n) is 8.45. The number of rotatable bonds is 4. The molecule has 2 aromatic carbocycles. The molecule has 124 valence electrons. The summed E-state index contributed by atoms with van der Waals surface area (Å²) in [6, 6.07) is 17.0. The van der Waals surface area contributed by atoms with Crippen LogP contribution in [0.1, 0.15) is 17.9 Å². The molecule has 0 aliphatic heterocycles. The van der Waals surface area contributed by atoms with E-state index in [9.17, 15) is 0 Å². The number of hydrogen-bond acceptors (Lipinski definition) is 4. The number of aromatic nitrogens is 3. The molecule has 5 heteroatoms. The van der Waals surface area contributed by atoms with Crippen LogP contribution in [0.5, 0.6) is 5.75 Å². The molecule has 5 rings (SSSR count). The predicted molar refractivity (Wildman–Crippen MR) is 99.2 cm³/mol. The van der Waals surface area contributed by atoms with Crippen LogP contribution in [0.25, 0.3) is 21.9 Å². The van der Waals surface area contributed by atoms with E-state index in [1.54, 1.807) is 13.4 Å². The normalized spacial score (nSPS) is 19.2. The zero-order valence-corrected chi connectivity index (χ0v) is 13.9. The minimum absolute atomic E-state index is 0.418. The Bertz CT molecular complexity index is 1060. The van der Waals surface area contributed by atoms with E-state index in [0.717, 1.165) is 39.9 Å². The van der Waals surface area contributed by atoms with Gasteiger partial charge >= 0.3 is 0 Å². The van der Waals surface area contributed by atoms with E-state index < -0.39 is 0 Å². The van der Waals surface area contributed by atoms with Gasteiger partial charge in [0.1, 0.15) is 23.1 Å². The second-order valence-electron chi connectivity index (χ2n) is 6.49. The van der Waals surface area contributed by atoms with Crippen molar-refractivity contribution in [3.8, 4) is 5.75 Å². The van der Waals surface area contributed by atoms with E-state index in [1.165, 1.54) is 5.56 Å². The van der Waals surface area contributed by atoms with Crippen LogP contribution in [-0.2, 0) is 0 Å². The summed E-state index contributed by atoms with van der Waals surface area (Å²) in [6.07, 6.45) is 2.75. The summed E-state index contributed by atoms with van der Waals surface area (Å²) in [5.74, 6) is 2.24. The molecule has 0 bridgehead atoms. The molecule has 2 aromatic heterocycles. The molecule has 2 heterocycles. The molecular formula is C20H18N4O. The molecule has 1 aliphatic rings. The van der Waals surface area contributed by atoms with Crippen LogP contribution < -0.4 is 10.1 Å². The van der Waals surface area contributed by atoms with Crippen molar-refractivity contribution in [3.05, 3.63) is 60.4 Å². The van der Waals surface area contributed by atoms with Crippen LogP contribution in [0.2, 0.25) is 0 Å². The van der Waals surface area contributed by atoms with E-state index >= 15 is 0 Å². The lowest BCUT2D eigenvalue weighted by Crippen LogP contribution is -2.06. The van der Waals surface area contributed by atoms with Crippen LogP contribution in [0.15, 0.2) is 54.9 Å². The summed E-state index contributed by atoms with van der Waals surface area (Å²) >= 11 is 0. The summed E-state index contributed by atoms with van der Waals surface area (Å²) in [7, 11) is 1.68. The summed E-state index contributed by atoms with van der Waals surface area (Å²) in [5.41, 5.74) is 4.29. The van der Waals surface area contributed by atoms with Gasteiger partial charge in [-0.1, -0.05) is 30.3 Å². The van der Waals surface area contributed by atoms with Crippen molar-refractivity contribution in [2.75, 3.05) is 12.4 Å². The Morgan fingerprint density at radius 2 is 2.00 bits per heavy atom. The van der Waals surface area contributed by atoms with Crippen molar-refractivity contribution in [3.63, 3.8) is 0 Å². The quantitative estimate of drug-likeness (QED) is 0.592. The van der Waals surface area contributed by atoms with Crippen molar-refractivity contribution >= 4 is 27.8 Å². The number of fused-ring (bicyclic) bond motifs is 3. The van der Waals surface area contributed by atoms with Gasteiger partial charge in [-0.05, 0) is 30.2 Å². The van der Waals surface area contributed by atoms with Crippen molar-refractivity contribution in [1.82, 2.24) is 15.0 Å². The van der Waals surface area contributed by atoms with Gasteiger partial charge in [-0.2, -0.15) is 0 Å². The Morgan fingerprint density at radius 3 is 2.84 bits per heavy atom. The van der Waals surface area contributed by atoms with Gasteiger partial charge in [0.25, 0.3) is 0 Å². The number of methoxy groups -OCH3 is 1. The lowest BCUT2D eigenvalue weighted by Gasteiger charge is -2.06. The van der Waals surface area contributed by atoms with E-state index in [-0.39, 0.29) is 0 Å². The number of nitrogens with zero attached hydrogens (tertiary/aromatic N) is 2. The first kappa shape index (κ1) is 14.3. The largest absolute Gasteiger partial charge is 0.497 e. The third-order valence-corrected chi connectivity index (χ3v) is 4.93. The van der Waals surface area contributed by atoms with Gasteiger partial charge in [0.2, 0.25) is 0 Å². The fourth-order valence-corrected chi connectivity index (χ4v) is 3.51. The maximum atomic E-state index is 5.34. The first-order valence-corrected chi connectivity index (χ1v) is 8.45. The van der Waals surface area contributed by atoms with Gasteiger partial charge in [0.15, 0.2) is 5.82 Å². The topological polar surface area (TPSA) is 62.8 Å². The van der Waals surface area contributed by atoms with Crippen molar-refractivity contribution in [1.29, 1.82) is 0 Å². The molecule has 1 aliphatic carbocycles. The molecule has 1 saturated carbocycles. The highest BCUT2D eigenvalue weighted by atomic mass is 16.5. The second-order valence-corrected chi connectivity index (χ2v) is 6.49. The minimum Gasteiger partial charge on any atom is -0.497 e. The Morgan fingerprint density at radius 1 is 1.12 bits per heavy atom. The maximum absolute atomic E-state index is 5.34. The Labute approximate surface area is 145 Å². The van der Waals surface area contributed by atoms with Gasteiger partial charge in [-0.3, -0.25) is 0 Å². The van der Waals surface area contributed by atoms with Crippen molar-refractivity contribution in [2.45, 2.75) is 18.4 Å². The number of nitrogens with one attached hydrogen (secondary N) is 2. The number of anilines is 1. The Balaban J connectivity index is 1.50. The Hall–Kier alpha value is -3.08. The zero-order valence-electron chi connectivity index (χ0n) is 13.9. The molecule has 2 atom stereocenters. The highest BCUT2D eigenvalue weighted by Crippen LogP contribution is 2.43. The smallest absolute Gasteiger partial charge is 0.154 e. The van der Waals surface area contributed by atoms with Crippen LogP contribution in [0, 0.1) is 0 Å². The number of H-pyrrole nitrogens is 1. The molecular weight excluding hydrogens is 312 g/mol. The first-order chi connectivity index (χ1) is 12.3. The van der Waals surface area contributed by atoms with Gasteiger partial charge in [0.05, 0.1) is 7.11 Å². The highest BCUT2D eigenvalue weighted by Gasteiger charge is 2.38. The third-order valence-electron chi connectivity index (χ3n) is 4.93. The molecule has 0 saturated heterocycles. The van der Waals surface area contributed by atoms with Crippen LogP contribution in [0.4, 0.5) is 5.82 Å². The molecule has 1 fully saturated rings. The highest BCUT2D eigenvalue weighted by molar-refractivity contribution is 6.08. The average Bonchev–Trinajstić information content (AvgIpc) is 3.33. The fraction of sp³-hybridized carbons (Fsp3) is 0.200. The monoisotopic (exact) mass is 330 g/mol. The molecule has 0 spiro atoms. The summed E-state index contributed by atoms with van der Waals surface area (Å²) in [6.45, 7) is 0. The number of hydrogen-bond donors (Lipinski definition) is 2. The average molecular weight is 330 g/mol. The summed E-state index contributed by atoms with van der Waals surface area (Å²) < 4.78 is 5.34. The second kappa shape index (κ2) is 5.48. The number of benzene rings is 2. The lowest BCUT2D eigenvalue weighted by molar-refractivity contribution is 0.415. The lowest BCUT2D eigenvalue weighted by atomic mass is 10.1. The van der Waals surface area contributed by atoms with Crippen LogP contribution in [0.3, 0.4) is 0 Å². The van der Waals surface area contributed by atoms with Crippen molar-refractivity contribution in [2.24, 2.45) is 0 Å². The van der Waals surface area contributed by atoms with Gasteiger partial charge in [-0.15, -0.1) is 0 Å². The number of aromatic amines is 1. The summed E-state index contributed by atoms with van der Waals surface area (Å²) in [4.78, 5) is 12.4. The van der Waals surface area contributed by atoms with Gasteiger partial charge in [-0.25, -0.2) is 9.97 Å². The van der Waals surface area contributed by atoms with E-state index in [1.807, 2.05) is 18.2 Å². The molecule has 0 radical (unpaired) electrons. The van der Waals surface area contributed by atoms with Gasteiger partial charge < -0.3 is 15.0 Å². The standard InChI is InChI=1S/C20H18N4O/c1-25-13-7-8-16-15(9-13)18-19(23-16)20(22-11-21-18)24-17-10-14(17)12-5-3-2-4-6-12/h2-9,11,14,17,23H,10H2,1H3,(H,21,22,24).